The molecule has 0 saturated heterocycles. The number of halogens is 2. The molecular weight excluding hydrogens is 305 g/mol. The lowest BCUT2D eigenvalue weighted by molar-refractivity contribution is 0.103. The largest absolute Gasteiger partial charge is 0.392 e. The number of aliphatic hydroxyl groups is 1. The number of carbonyl (C=O) groups excluding carboxylic acids is 1. The molecular formula is C17H17ClFNO2. The fourth-order valence-corrected chi connectivity index (χ4v) is 2.47. The molecule has 0 aromatic heterocycles. The molecule has 0 spiro atoms. The van der Waals surface area contributed by atoms with Crippen LogP contribution < -0.4 is 5.73 Å². The maximum absolute atomic E-state index is 14.7. The molecule has 1 atom stereocenters. The molecule has 22 heavy (non-hydrogen) atoms. The maximum atomic E-state index is 14.7. The summed E-state index contributed by atoms with van der Waals surface area (Å²) in [7, 11) is 0. The topological polar surface area (TPSA) is 63.3 Å². The Bertz CT molecular complexity index is 703. The van der Waals surface area contributed by atoms with Crippen molar-refractivity contribution in [2.24, 2.45) is 5.73 Å². The fourth-order valence-electron chi connectivity index (χ4n) is 2.24. The van der Waals surface area contributed by atoms with Crippen LogP contribution in [0.3, 0.4) is 0 Å². The lowest BCUT2D eigenvalue weighted by Crippen LogP contribution is -2.14. The maximum Gasteiger partial charge on any atom is 0.197 e. The smallest absolute Gasteiger partial charge is 0.197 e. The highest BCUT2D eigenvalue weighted by Gasteiger charge is 2.22. The van der Waals surface area contributed by atoms with E-state index in [0.29, 0.717) is 12.0 Å². The summed E-state index contributed by atoms with van der Waals surface area (Å²) in [5, 5.41) is 9.19. The third kappa shape index (κ3) is 3.19. The van der Waals surface area contributed by atoms with E-state index in [4.69, 9.17) is 22.4 Å². The van der Waals surface area contributed by atoms with Gasteiger partial charge < -0.3 is 10.8 Å². The number of nitrogens with two attached hydrogens (primary N) is 1. The Morgan fingerprint density at radius 2 is 2.09 bits per heavy atom. The third-order valence-electron chi connectivity index (χ3n) is 3.56. The fraction of sp³-hybridized carbons (Fsp3) is 0.235. The summed E-state index contributed by atoms with van der Waals surface area (Å²) in [6.07, 6.45) is 0.548. The minimum atomic E-state index is -0.679. The van der Waals surface area contributed by atoms with E-state index in [1.807, 2.05) is 6.92 Å². The molecule has 116 valence electrons. The Morgan fingerprint density at radius 1 is 1.36 bits per heavy atom. The standard InChI is InChI=1S/C17H17ClFNO2/c1-2-14(20)12-6-7-13(18)15(16(12)19)17(22)11-5-3-4-10(8-11)9-21/h3-8,14,21H,2,9,20H2,1H3/t14-/m1/s1. The van der Waals surface area contributed by atoms with Gasteiger partial charge in [-0.05, 0) is 24.1 Å². The quantitative estimate of drug-likeness (QED) is 0.827. The van der Waals surface area contributed by atoms with Crippen LogP contribution in [-0.2, 0) is 6.61 Å². The highest BCUT2D eigenvalue weighted by atomic mass is 35.5. The summed E-state index contributed by atoms with van der Waals surface area (Å²) >= 11 is 6.02. The first-order valence-electron chi connectivity index (χ1n) is 6.97. The molecule has 0 amide bonds. The third-order valence-corrected chi connectivity index (χ3v) is 3.87. The summed E-state index contributed by atoms with van der Waals surface area (Å²) in [4.78, 5) is 12.6. The molecule has 0 aliphatic carbocycles. The predicted octanol–water partition coefficient (Wildman–Crippen LogP) is 3.61. The van der Waals surface area contributed by atoms with Gasteiger partial charge >= 0.3 is 0 Å². The normalized spacial score (nSPS) is 12.2. The first-order valence-corrected chi connectivity index (χ1v) is 7.35. The van der Waals surface area contributed by atoms with E-state index >= 15 is 0 Å². The highest BCUT2D eigenvalue weighted by molar-refractivity contribution is 6.35. The van der Waals surface area contributed by atoms with Gasteiger partial charge in [0.05, 0.1) is 17.2 Å². The van der Waals surface area contributed by atoms with Crippen molar-refractivity contribution in [2.45, 2.75) is 26.0 Å². The van der Waals surface area contributed by atoms with Gasteiger partial charge in [0.15, 0.2) is 5.78 Å². The number of hydrogen-bond donors (Lipinski definition) is 2. The molecule has 0 fully saturated rings. The second-order valence-electron chi connectivity index (χ2n) is 5.03. The summed E-state index contributed by atoms with van der Waals surface area (Å²) in [6.45, 7) is 1.64. The van der Waals surface area contributed by atoms with Crippen LogP contribution >= 0.6 is 11.6 Å². The number of aliphatic hydroxyl groups excluding tert-OH is 1. The molecule has 3 N–H and O–H groups in total. The number of rotatable bonds is 5. The molecule has 0 aliphatic heterocycles. The van der Waals surface area contributed by atoms with Gasteiger partial charge in [0.25, 0.3) is 0 Å². The Kier molecular flexibility index (Phi) is 5.29. The van der Waals surface area contributed by atoms with Gasteiger partial charge in [0.2, 0.25) is 0 Å². The summed E-state index contributed by atoms with van der Waals surface area (Å²) in [5.74, 6) is -1.20. The lowest BCUT2D eigenvalue weighted by Gasteiger charge is -2.14. The molecule has 0 unspecified atom stereocenters. The predicted molar refractivity (Wildman–Crippen MR) is 84.4 cm³/mol. The molecule has 0 heterocycles. The molecule has 2 aromatic carbocycles. The van der Waals surface area contributed by atoms with Crippen molar-refractivity contribution in [1.29, 1.82) is 0 Å². The van der Waals surface area contributed by atoms with Gasteiger partial charge in [-0.15, -0.1) is 0 Å². The molecule has 0 radical (unpaired) electrons. The Balaban J connectivity index is 2.53. The number of ketones is 1. The average Bonchev–Trinajstić information content (AvgIpc) is 2.54. The van der Waals surface area contributed by atoms with Crippen molar-refractivity contribution in [3.63, 3.8) is 0 Å². The van der Waals surface area contributed by atoms with E-state index in [-0.39, 0.29) is 28.3 Å². The summed E-state index contributed by atoms with van der Waals surface area (Å²) in [6, 6.07) is 8.89. The Labute approximate surface area is 133 Å². The molecule has 0 saturated carbocycles. The van der Waals surface area contributed by atoms with Crippen LogP contribution in [0.15, 0.2) is 36.4 Å². The Hall–Kier alpha value is -1.75. The van der Waals surface area contributed by atoms with E-state index in [1.165, 1.54) is 18.2 Å². The molecule has 2 aromatic rings. The number of carbonyl (C=O) groups is 1. The van der Waals surface area contributed by atoms with Crippen LogP contribution in [0.2, 0.25) is 5.02 Å². The van der Waals surface area contributed by atoms with Gasteiger partial charge in [0.1, 0.15) is 5.82 Å². The first-order chi connectivity index (χ1) is 10.5. The molecule has 3 nitrogen and oxygen atoms in total. The zero-order valence-electron chi connectivity index (χ0n) is 12.1. The van der Waals surface area contributed by atoms with Crippen molar-refractivity contribution < 1.29 is 14.3 Å². The SMILES string of the molecule is CC[C@@H](N)c1ccc(Cl)c(C(=O)c2cccc(CO)c2)c1F. The van der Waals surface area contributed by atoms with E-state index in [1.54, 1.807) is 18.2 Å². The molecule has 0 aliphatic rings. The van der Waals surface area contributed by atoms with Crippen LogP contribution in [0.1, 0.15) is 46.4 Å². The van der Waals surface area contributed by atoms with E-state index in [2.05, 4.69) is 0 Å². The van der Waals surface area contributed by atoms with Gasteiger partial charge in [-0.3, -0.25) is 4.79 Å². The van der Waals surface area contributed by atoms with Crippen molar-refractivity contribution in [2.75, 3.05) is 0 Å². The first kappa shape index (κ1) is 16.6. The molecule has 2 rings (SSSR count). The minimum Gasteiger partial charge on any atom is -0.392 e. The monoisotopic (exact) mass is 321 g/mol. The molecule has 5 heteroatoms. The van der Waals surface area contributed by atoms with E-state index in [9.17, 15) is 9.18 Å². The number of benzene rings is 2. The lowest BCUT2D eigenvalue weighted by atomic mass is 9.96. The number of hydrogen-bond acceptors (Lipinski definition) is 3. The second-order valence-corrected chi connectivity index (χ2v) is 5.44. The zero-order chi connectivity index (χ0) is 16.3. The van der Waals surface area contributed by atoms with Crippen molar-refractivity contribution in [3.05, 3.63) is 69.5 Å². The van der Waals surface area contributed by atoms with E-state index in [0.717, 1.165) is 0 Å². The van der Waals surface area contributed by atoms with Gasteiger partial charge in [-0.2, -0.15) is 0 Å². The zero-order valence-corrected chi connectivity index (χ0v) is 12.9. The van der Waals surface area contributed by atoms with Crippen LogP contribution in [0.5, 0.6) is 0 Å². The average molecular weight is 322 g/mol. The molecule has 0 bridgehead atoms. The second kappa shape index (κ2) is 7.01. The summed E-state index contributed by atoms with van der Waals surface area (Å²) in [5.41, 5.74) is 6.81. The van der Waals surface area contributed by atoms with Crippen LogP contribution in [0.4, 0.5) is 4.39 Å². The van der Waals surface area contributed by atoms with Gasteiger partial charge in [0, 0.05) is 17.2 Å². The minimum absolute atomic E-state index is 0.0453. The van der Waals surface area contributed by atoms with Crippen LogP contribution in [0, 0.1) is 5.82 Å². The van der Waals surface area contributed by atoms with Crippen molar-refractivity contribution >= 4 is 17.4 Å². The Morgan fingerprint density at radius 3 is 2.73 bits per heavy atom. The summed E-state index contributed by atoms with van der Waals surface area (Å²) < 4.78 is 14.7. The van der Waals surface area contributed by atoms with Crippen LogP contribution in [-0.4, -0.2) is 10.9 Å². The van der Waals surface area contributed by atoms with Gasteiger partial charge in [-0.1, -0.05) is 42.8 Å². The van der Waals surface area contributed by atoms with Crippen molar-refractivity contribution in [1.82, 2.24) is 0 Å². The van der Waals surface area contributed by atoms with E-state index < -0.39 is 17.6 Å². The van der Waals surface area contributed by atoms with Crippen LogP contribution in [0.25, 0.3) is 0 Å². The van der Waals surface area contributed by atoms with Gasteiger partial charge in [-0.25, -0.2) is 4.39 Å². The van der Waals surface area contributed by atoms with Crippen molar-refractivity contribution in [3.8, 4) is 0 Å². The highest BCUT2D eigenvalue weighted by Crippen LogP contribution is 2.28.